The third kappa shape index (κ3) is 4.65. The Labute approximate surface area is 235 Å². The van der Waals surface area contributed by atoms with Gasteiger partial charge in [-0.05, 0) is 69.2 Å². The van der Waals surface area contributed by atoms with Crippen LogP contribution in [-0.4, -0.2) is 62.5 Å². The highest BCUT2D eigenvalue weighted by molar-refractivity contribution is 8.02. The number of aryl methyl sites for hydroxylation is 2. The van der Waals surface area contributed by atoms with Gasteiger partial charge in [0.05, 0.1) is 29.2 Å². The van der Waals surface area contributed by atoms with Crippen LogP contribution in [0.25, 0.3) is 0 Å². The molecule has 2 aromatic rings. The van der Waals surface area contributed by atoms with Crippen molar-refractivity contribution in [2.24, 2.45) is 11.8 Å². The van der Waals surface area contributed by atoms with E-state index in [2.05, 4.69) is 17.6 Å². The third-order valence-electron chi connectivity index (χ3n) is 8.86. The standard InChI is InChI=1S/C31H39N3O4S/c1-5-15-32-27(36)24-25-29(38)34(22(18-35)17-21-9-7-6-8-10-21)26(31(25)14-13-30(24,4)39-31)28(37)33-23-16-19(2)11-12-20(23)3/h6-12,16,22,24-26,35H,5,13-15,17-18H2,1-4H3,(H,32,36)(H,33,37)/t22-,24+,25+,26?,30-,31?/m1/s1. The molecular formula is C31H39N3O4S. The first kappa shape index (κ1) is 27.7. The molecule has 3 aliphatic heterocycles. The fraction of sp³-hybridized carbons (Fsp3) is 0.516. The largest absolute Gasteiger partial charge is 0.394 e. The van der Waals surface area contributed by atoms with Gasteiger partial charge in [-0.15, -0.1) is 11.8 Å². The Kier molecular flexibility index (Phi) is 7.55. The Balaban J connectivity index is 1.57. The summed E-state index contributed by atoms with van der Waals surface area (Å²) < 4.78 is -1.15. The van der Waals surface area contributed by atoms with Crippen molar-refractivity contribution in [3.8, 4) is 0 Å². The molecule has 2 aromatic carbocycles. The van der Waals surface area contributed by atoms with Crippen molar-refractivity contribution in [3.05, 3.63) is 65.2 Å². The summed E-state index contributed by atoms with van der Waals surface area (Å²) in [6.45, 7) is 8.29. The van der Waals surface area contributed by atoms with Crippen molar-refractivity contribution in [1.29, 1.82) is 0 Å². The van der Waals surface area contributed by atoms with Crippen LogP contribution in [0.1, 0.15) is 49.8 Å². The van der Waals surface area contributed by atoms with Gasteiger partial charge in [-0.25, -0.2) is 0 Å². The van der Waals surface area contributed by atoms with E-state index >= 15 is 0 Å². The number of rotatable bonds is 9. The highest BCUT2D eigenvalue weighted by atomic mass is 32.2. The Morgan fingerprint density at radius 3 is 2.56 bits per heavy atom. The molecule has 2 bridgehead atoms. The molecule has 3 N–H and O–H groups in total. The number of aliphatic hydroxyl groups excluding tert-OH is 1. The normalized spacial score (nSPS) is 29.8. The van der Waals surface area contributed by atoms with E-state index in [-0.39, 0.29) is 24.3 Å². The average Bonchev–Trinajstić information content (AvgIpc) is 3.49. The van der Waals surface area contributed by atoms with E-state index in [1.54, 1.807) is 16.7 Å². The summed E-state index contributed by atoms with van der Waals surface area (Å²) in [5, 5.41) is 16.8. The molecule has 3 saturated heterocycles. The molecule has 7 nitrogen and oxygen atoms in total. The molecule has 3 fully saturated rings. The highest BCUT2D eigenvalue weighted by Gasteiger charge is 2.77. The van der Waals surface area contributed by atoms with Crippen molar-refractivity contribution < 1.29 is 19.5 Å². The van der Waals surface area contributed by atoms with Crippen LogP contribution in [0.3, 0.4) is 0 Å². The van der Waals surface area contributed by atoms with Gasteiger partial charge in [0, 0.05) is 17.0 Å². The second kappa shape index (κ2) is 10.6. The number of hydrogen-bond donors (Lipinski definition) is 3. The van der Waals surface area contributed by atoms with E-state index in [0.717, 1.165) is 35.2 Å². The summed E-state index contributed by atoms with van der Waals surface area (Å²) >= 11 is 1.65. The van der Waals surface area contributed by atoms with Crippen molar-refractivity contribution in [3.63, 3.8) is 0 Å². The first-order valence-corrected chi connectivity index (χ1v) is 14.8. The van der Waals surface area contributed by atoms with Crippen LogP contribution in [-0.2, 0) is 20.8 Å². The fourth-order valence-corrected chi connectivity index (χ4v) is 9.37. The van der Waals surface area contributed by atoms with Gasteiger partial charge in [0.25, 0.3) is 0 Å². The lowest BCUT2D eigenvalue weighted by atomic mass is 9.66. The second-order valence-corrected chi connectivity index (χ2v) is 13.5. The topological polar surface area (TPSA) is 98.7 Å². The van der Waals surface area contributed by atoms with Crippen LogP contribution in [0.5, 0.6) is 0 Å². The van der Waals surface area contributed by atoms with E-state index in [1.807, 2.05) is 69.3 Å². The summed E-state index contributed by atoms with van der Waals surface area (Å²) in [7, 11) is 0. The predicted molar refractivity (Wildman–Crippen MR) is 154 cm³/mol. The van der Waals surface area contributed by atoms with E-state index in [1.165, 1.54) is 0 Å². The maximum atomic E-state index is 14.4. The minimum atomic E-state index is -0.799. The van der Waals surface area contributed by atoms with Crippen molar-refractivity contribution >= 4 is 35.2 Å². The summed E-state index contributed by atoms with van der Waals surface area (Å²) in [6, 6.07) is 14.3. The number of hydrogen-bond acceptors (Lipinski definition) is 5. The molecule has 0 aliphatic carbocycles. The number of nitrogens with zero attached hydrogens (tertiary/aromatic N) is 1. The highest BCUT2D eigenvalue weighted by Crippen LogP contribution is 2.71. The van der Waals surface area contributed by atoms with Crippen molar-refractivity contribution in [2.45, 2.75) is 75.0 Å². The van der Waals surface area contributed by atoms with E-state index in [9.17, 15) is 19.5 Å². The van der Waals surface area contributed by atoms with Crippen LogP contribution in [0, 0.1) is 25.7 Å². The first-order chi connectivity index (χ1) is 18.6. The predicted octanol–water partition coefficient (Wildman–Crippen LogP) is 3.85. The van der Waals surface area contributed by atoms with Crippen molar-refractivity contribution in [2.75, 3.05) is 18.5 Å². The second-order valence-electron chi connectivity index (χ2n) is 11.6. The first-order valence-electron chi connectivity index (χ1n) is 14.0. The maximum absolute atomic E-state index is 14.4. The molecule has 0 aromatic heterocycles. The zero-order valence-electron chi connectivity index (χ0n) is 23.2. The minimum absolute atomic E-state index is 0.106. The van der Waals surface area contributed by atoms with Gasteiger partial charge in [0.2, 0.25) is 17.7 Å². The van der Waals surface area contributed by atoms with Crippen LogP contribution >= 0.6 is 11.8 Å². The molecule has 8 heteroatoms. The number of carbonyl (C=O) groups is 3. The number of benzene rings is 2. The Bertz CT molecular complexity index is 1270. The fourth-order valence-electron chi connectivity index (χ4n) is 7.02. The monoisotopic (exact) mass is 549 g/mol. The average molecular weight is 550 g/mol. The molecule has 0 radical (unpaired) electrons. The third-order valence-corrected chi connectivity index (χ3v) is 10.8. The molecule has 1 spiro atoms. The van der Waals surface area contributed by atoms with Gasteiger partial charge in [-0.1, -0.05) is 49.4 Å². The molecule has 3 aliphatic rings. The van der Waals surface area contributed by atoms with E-state index < -0.39 is 33.4 Å². The molecule has 0 saturated carbocycles. The molecule has 3 amide bonds. The maximum Gasteiger partial charge on any atom is 0.248 e. The van der Waals surface area contributed by atoms with Crippen LogP contribution in [0.4, 0.5) is 5.69 Å². The van der Waals surface area contributed by atoms with Gasteiger partial charge in [-0.2, -0.15) is 0 Å². The van der Waals surface area contributed by atoms with Gasteiger partial charge < -0.3 is 20.6 Å². The number of fused-ring (bicyclic) bond motifs is 1. The van der Waals surface area contributed by atoms with Crippen molar-refractivity contribution in [1.82, 2.24) is 10.2 Å². The summed E-state index contributed by atoms with van der Waals surface area (Å²) in [5.74, 6) is -1.69. The molecule has 5 rings (SSSR count). The Morgan fingerprint density at radius 2 is 1.87 bits per heavy atom. The molecule has 208 valence electrons. The lowest BCUT2D eigenvalue weighted by Gasteiger charge is -2.37. The zero-order chi connectivity index (χ0) is 27.9. The van der Waals surface area contributed by atoms with Crippen LogP contribution < -0.4 is 10.6 Å². The minimum Gasteiger partial charge on any atom is -0.394 e. The van der Waals surface area contributed by atoms with Gasteiger partial charge >= 0.3 is 0 Å². The number of carbonyl (C=O) groups excluding carboxylic acids is 3. The number of amides is 3. The number of thioether (sulfide) groups is 1. The Hall–Kier alpha value is -2.84. The van der Waals surface area contributed by atoms with Crippen LogP contribution in [0.15, 0.2) is 48.5 Å². The smallest absolute Gasteiger partial charge is 0.248 e. The van der Waals surface area contributed by atoms with Crippen LogP contribution in [0.2, 0.25) is 0 Å². The molecular weight excluding hydrogens is 510 g/mol. The Morgan fingerprint density at radius 1 is 1.13 bits per heavy atom. The van der Waals surface area contributed by atoms with Gasteiger partial charge in [-0.3, -0.25) is 14.4 Å². The summed E-state index contributed by atoms with van der Waals surface area (Å²) in [6.07, 6.45) is 2.67. The lowest BCUT2D eigenvalue weighted by molar-refractivity contribution is -0.142. The number of aliphatic hydroxyl groups is 1. The van der Waals surface area contributed by atoms with E-state index in [4.69, 9.17) is 0 Å². The number of likely N-dealkylation sites (tertiary alicyclic amines) is 1. The quantitative estimate of drug-likeness (QED) is 0.441. The van der Waals surface area contributed by atoms with Gasteiger partial charge in [0.15, 0.2) is 0 Å². The molecule has 2 unspecified atom stereocenters. The zero-order valence-corrected chi connectivity index (χ0v) is 24.0. The van der Waals surface area contributed by atoms with Gasteiger partial charge in [0.1, 0.15) is 6.04 Å². The molecule has 3 heterocycles. The lowest BCUT2D eigenvalue weighted by Crippen LogP contribution is -2.55. The van der Waals surface area contributed by atoms with E-state index in [0.29, 0.717) is 19.4 Å². The molecule has 6 atom stereocenters. The SMILES string of the molecule is CCCNC(=O)[C@@H]1[C@H]2C(=O)N([C@@H](CO)Cc3ccccc3)C(C(=O)Nc3cc(C)ccc3C)C23CC[C@@]1(C)S3. The summed E-state index contributed by atoms with van der Waals surface area (Å²) in [4.78, 5) is 43.9. The molecule has 39 heavy (non-hydrogen) atoms. The summed E-state index contributed by atoms with van der Waals surface area (Å²) in [5.41, 5.74) is 3.67. The number of nitrogens with one attached hydrogen (secondary N) is 2. The number of anilines is 1.